The Kier molecular flexibility index (Phi) is 2.42. The molecule has 1 aromatic rings. The summed E-state index contributed by atoms with van der Waals surface area (Å²) in [5.41, 5.74) is 4.06. The zero-order valence-corrected chi connectivity index (χ0v) is 6.45. The molecule has 0 aliphatic carbocycles. The number of hydrogen-bond donors (Lipinski definition) is 1. The predicted molar refractivity (Wildman–Crippen MR) is 38.6 cm³/mol. The quantitative estimate of drug-likeness (QED) is 0.749. The Labute approximate surface area is 71.2 Å². The molecule has 0 saturated carbocycles. The molecule has 12 heavy (non-hydrogen) atoms. The number of nitrogen functional groups attached to an aromatic ring is 1. The van der Waals surface area contributed by atoms with Crippen molar-refractivity contribution < 1.29 is 13.2 Å². The van der Waals surface area contributed by atoms with Gasteiger partial charge in [0.05, 0.1) is 16.8 Å². The van der Waals surface area contributed by atoms with Gasteiger partial charge in [-0.05, 0) is 0 Å². The first-order valence-corrected chi connectivity index (χ1v) is 3.29. The first kappa shape index (κ1) is 9.12. The summed E-state index contributed by atoms with van der Waals surface area (Å²) in [6, 6.07) is 0. The van der Waals surface area contributed by atoms with Crippen molar-refractivity contribution in [1.82, 2.24) is 4.98 Å². The van der Waals surface area contributed by atoms with Crippen LogP contribution in [0.2, 0.25) is 5.02 Å². The van der Waals surface area contributed by atoms with Crippen molar-refractivity contribution >= 4 is 17.4 Å². The molecule has 66 valence electrons. The van der Waals surface area contributed by atoms with Crippen molar-refractivity contribution in [3.63, 3.8) is 0 Å². The second kappa shape index (κ2) is 3.18. The van der Waals surface area contributed by atoms with Crippen LogP contribution in [0.5, 0.6) is 0 Å². The van der Waals surface area contributed by atoms with Crippen LogP contribution in [0.25, 0.3) is 0 Å². The zero-order chi connectivity index (χ0) is 9.30. The molecule has 1 aromatic heterocycles. The molecule has 0 bridgehead atoms. The van der Waals surface area contributed by atoms with Crippen molar-refractivity contribution in [1.29, 1.82) is 0 Å². The summed E-state index contributed by atoms with van der Waals surface area (Å²) in [6.45, 7) is 0. The number of alkyl halides is 2. The van der Waals surface area contributed by atoms with Crippen LogP contribution in [0.15, 0.2) is 6.20 Å². The third-order valence-corrected chi connectivity index (χ3v) is 1.52. The fourth-order valence-corrected chi connectivity index (χ4v) is 0.852. The molecule has 0 fully saturated rings. The minimum absolute atomic E-state index is 0.459. The van der Waals surface area contributed by atoms with E-state index in [4.69, 9.17) is 17.3 Å². The molecule has 1 heterocycles. The molecular formula is C6H4ClF3N2. The highest BCUT2D eigenvalue weighted by atomic mass is 35.5. The van der Waals surface area contributed by atoms with Crippen molar-refractivity contribution in [3.8, 4) is 0 Å². The third kappa shape index (κ3) is 1.45. The van der Waals surface area contributed by atoms with Gasteiger partial charge in [0.15, 0.2) is 5.82 Å². The zero-order valence-electron chi connectivity index (χ0n) is 5.69. The third-order valence-electron chi connectivity index (χ3n) is 1.26. The van der Waals surface area contributed by atoms with Gasteiger partial charge in [-0.3, -0.25) is 0 Å². The van der Waals surface area contributed by atoms with Gasteiger partial charge in [-0.1, -0.05) is 11.6 Å². The van der Waals surface area contributed by atoms with Gasteiger partial charge >= 0.3 is 0 Å². The Bertz CT molecular complexity index is 303. The summed E-state index contributed by atoms with van der Waals surface area (Å²) >= 11 is 5.20. The molecule has 0 atom stereocenters. The lowest BCUT2D eigenvalue weighted by atomic mass is 10.2. The van der Waals surface area contributed by atoms with Crippen LogP contribution in [0, 0.1) is 5.82 Å². The normalized spacial score (nSPS) is 10.8. The van der Waals surface area contributed by atoms with Crippen LogP contribution in [0.1, 0.15) is 12.0 Å². The van der Waals surface area contributed by atoms with E-state index in [1.807, 2.05) is 0 Å². The fourth-order valence-electron chi connectivity index (χ4n) is 0.701. The van der Waals surface area contributed by atoms with Gasteiger partial charge in [0, 0.05) is 0 Å². The highest BCUT2D eigenvalue weighted by Crippen LogP contribution is 2.29. The molecule has 2 N–H and O–H groups in total. The monoisotopic (exact) mass is 196 g/mol. The van der Waals surface area contributed by atoms with E-state index in [2.05, 4.69) is 4.98 Å². The van der Waals surface area contributed by atoms with E-state index in [-0.39, 0.29) is 0 Å². The van der Waals surface area contributed by atoms with E-state index >= 15 is 0 Å². The van der Waals surface area contributed by atoms with Crippen LogP contribution >= 0.6 is 11.6 Å². The first-order valence-electron chi connectivity index (χ1n) is 2.91. The summed E-state index contributed by atoms with van der Waals surface area (Å²) in [6.07, 6.45) is -2.12. The standard InChI is InChI=1S/C6H4ClF3N2/c7-2-1-12-6(11)3(4(2)8)5(9)10/h1,5H,(H2,11,12). The SMILES string of the molecule is Nc1ncc(Cl)c(F)c1C(F)F. The lowest BCUT2D eigenvalue weighted by Crippen LogP contribution is -2.01. The smallest absolute Gasteiger partial charge is 0.270 e. The minimum Gasteiger partial charge on any atom is -0.383 e. The largest absolute Gasteiger partial charge is 0.383 e. The fraction of sp³-hybridized carbons (Fsp3) is 0.167. The second-order valence-corrected chi connectivity index (χ2v) is 2.43. The van der Waals surface area contributed by atoms with Gasteiger partial charge in [0.25, 0.3) is 6.43 Å². The molecule has 0 aromatic carbocycles. The summed E-state index contributed by atoms with van der Waals surface area (Å²) in [5, 5.41) is -0.459. The molecule has 0 aliphatic heterocycles. The van der Waals surface area contributed by atoms with E-state index in [1.165, 1.54) is 0 Å². The average molecular weight is 197 g/mol. The number of hydrogen-bond acceptors (Lipinski definition) is 2. The highest BCUT2D eigenvalue weighted by molar-refractivity contribution is 6.30. The Morgan fingerprint density at radius 2 is 2.08 bits per heavy atom. The Hall–Kier alpha value is -0.970. The molecule has 0 amide bonds. The van der Waals surface area contributed by atoms with E-state index < -0.39 is 28.6 Å². The molecule has 0 saturated heterocycles. The lowest BCUT2D eigenvalue weighted by molar-refractivity contribution is 0.147. The van der Waals surface area contributed by atoms with Crippen molar-refractivity contribution in [2.45, 2.75) is 6.43 Å². The number of nitrogens with two attached hydrogens (primary N) is 1. The molecule has 0 unspecified atom stereocenters. The van der Waals surface area contributed by atoms with Crippen molar-refractivity contribution in [2.24, 2.45) is 0 Å². The number of rotatable bonds is 1. The van der Waals surface area contributed by atoms with E-state index in [1.54, 1.807) is 0 Å². The van der Waals surface area contributed by atoms with E-state index in [0.717, 1.165) is 6.20 Å². The molecular weight excluding hydrogens is 193 g/mol. The molecule has 2 nitrogen and oxygen atoms in total. The highest BCUT2D eigenvalue weighted by Gasteiger charge is 2.20. The molecule has 0 aliphatic rings. The van der Waals surface area contributed by atoms with Gasteiger partial charge in [-0.15, -0.1) is 0 Å². The van der Waals surface area contributed by atoms with Crippen LogP contribution < -0.4 is 5.73 Å². The number of pyridine rings is 1. The van der Waals surface area contributed by atoms with Gasteiger partial charge < -0.3 is 5.73 Å². The van der Waals surface area contributed by atoms with Gasteiger partial charge in [0.1, 0.15) is 5.82 Å². The summed E-state index contributed by atoms with van der Waals surface area (Å²) in [4.78, 5) is 3.29. The Morgan fingerprint density at radius 1 is 1.50 bits per heavy atom. The summed E-state index contributed by atoms with van der Waals surface area (Å²) < 4.78 is 36.9. The first-order chi connectivity index (χ1) is 5.54. The van der Waals surface area contributed by atoms with Crippen molar-refractivity contribution in [3.05, 3.63) is 22.6 Å². The number of anilines is 1. The van der Waals surface area contributed by atoms with Gasteiger partial charge in [-0.2, -0.15) is 0 Å². The lowest BCUT2D eigenvalue weighted by Gasteiger charge is -2.04. The maximum Gasteiger partial charge on any atom is 0.270 e. The molecule has 1 rings (SSSR count). The van der Waals surface area contributed by atoms with Crippen LogP contribution in [0.3, 0.4) is 0 Å². The minimum atomic E-state index is -3.00. The Balaban J connectivity index is 3.33. The van der Waals surface area contributed by atoms with Crippen molar-refractivity contribution in [2.75, 3.05) is 5.73 Å². The number of nitrogens with zero attached hydrogens (tertiary/aromatic N) is 1. The second-order valence-electron chi connectivity index (χ2n) is 2.02. The predicted octanol–water partition coefficient (Wildman–Crippen LogP) is 2.39. The average Bonchev–Trinajstić information content (AvgIpc) is 1.97. The number of halogens is 4. The maximum atomic E-state index is 12.8. The van der Waals surface area contributed by atoms with Crippen LogP contribution in [-0.2, 0) is 0 Å². The topological polar surface area (TPSA) is 38.9 Å². The van der Waals surface area contributed by atoms with Crippen LogP contribution in [0.4, 0.5) is 19.0 Å². The van der Waals surface area contributed by atoms with E-state index in [9.17, 15) is 13.2 Å². The summed E-state index contributed by atoms with van der Waals surface area (Å²) in [5.74, 6) is -1.74. The number of aromatic nitrogens is 1. The van der Waals surface area contributed by atoms with E-state index in [0.29, 0.717) is 0 Å². The van der Waals surface area contributed by atoms with Crippen LogP contribution in [-0.4, -0.2) is 4.98 Å². The Morgan fingerprint density at radius 3 is 2.50 bits per heavy atom. The molecule has 0 spiro atoms. The summed E-state index contributed by atoms with van der Waals surface area (Å²) in [7, 11) is 0. The van der Waals surface area contributed by atoms with Gasteiger partial charge in [-0.25, -0.2) is 18.2 Å². The van der Waals surface area contributed by atoms with Gasteiger partial charge in [0.2, 0.25) is 0 Å². The maximum absolute atomic E-state index is 12.8. The molecule has 0 radical (unpaired) electrons. The molecule has 6 heteroatoms.